The van der Waals surface area contributed by atoms with Crippen LogP contribution in [0.3, 0.4) is 0 Å². The van der Waals surface area contributed by atoms with Gasteiger partial charge < -0.3 is 29.4 Å². The Morgan fingerprint density at radius 3 is 3.00 bits per heavy atom. The molecule has 1 aromatic carbocycles. The van der Waals surface area contributed by atoms with Crippen molar-refractivity contribution in [1.82, 2.24) is 20.2 Å². The number of methoxy groups -OCH3 is 1. The van der Waals surface area contributed by atoms with Crippen LogP contribution in [0.15, 0.2) is 24.5 Å². The first-order chi connectivity index (χ1) is 14.7. The van der Waals surface area contributed by atoms with E-state index < -0.39 is 0 Å². The van der Waals surface area contributed by atoms with Crippen molar-refractivity contribution in [3.05, 3.63) is 41.5 Å². The van der Waals surface area contributed by atoms with Gasteiger partial charge in [0.2, 0.25) is 6.79 Å². The number of carbonyl (C=O) groups is 2. The van der Waals surface area contributed by atoms with Crippen molar-refractivity contribution in [2.75, 3.05) is 27.0 Å². The molecule has 30 heavy (non-hydrogen) atoms. The third-order valence-electron chi connectivity index (χ3n) is 5.46. The number of amides is 2. The molecule has 2 aromatic rings. The summed E-state index contributed by atoms with van der Waals surface area (Å²) in [4.78, 5) is 33.6. The second-order valence-electron chi connectivity index (χ2n) is 7.34. The number of hydrogen-bond donors (Lipinski definition) is 2. The van der Waals surface area contributed by atoms with Gasteiger partial charge in [0.25, 0.3) is 0 Å². The molecule has 0 saturated heterocycles. The van der Waals surface area contributed by atoms with E-state index in [1.807, 2.05) is 23.1 Å². The van der Waals surface area contributed by atoms with Crippen molar-refractivity contribution in [3.63, 3.8) is 0 Å². The summed E-state index contributed by atoms with van der Waals surface area (Å²) in [5.74, 6) is 1.19. The Morgan fingerprint density at radius 1 is 1.27 bits per heavy atom. The molecule has 0 aliphatic carbocycles. The highest BCUT2D eigenvalue weighted by molar-refractivity contribution is 5.76. The molecule has 9 heteroatoms. The van der Waals surface area contributed by atoms with Gasteiger partial charge >= 0.3 is 12.0 Å². The van der Waals surface area contributed by atoms with E-state index in [-0.39, 0.29) is 24.8 Å². The minimum atomic E-state index is -0.297. The number of nitrogens with zero attached hydrogens (tertiary/aromatic N) is 2. The Labute approximate surface area is 174 Å². The van der Waals surface area contributed by atoms with E-state index in [2.05, 4.69) is 20.0 Å². The highest BCUT2D eigenvalue weighted by Crippen LogP contribution is 2.39. The van der Waals surface area contributed by atoms with Crippen LogP contribution in [0, 0.1) is 0 Å². The van der Waals surface area contributed by atoms with Crippen LogP contribution in [-0.4, -0.2) is 53.9 Å². The summed E-state index contributed by atoms with van der Waals surface area (Å²) in [5, 5.41) is 3.01. The molecule has 2 N–H and O–H groups in total. The van der Waals surface area contributed by atoms with Crippen LogP contribution in [0.25, 0.3) is 0 Å². The van der Waals surface area contributed by atoms with Crippen molar-refractivity contribution in [2.24, 2.45) is 0 Å². The largest absolute Gasteiger partial charge is 0.469 e. The molecule has 0 spiro atoms. The van der Waals surface area contributed by atoms with E-state index in [1.54, 1.807) is 6.33 Å². The lowest BCUT2D eigenvalue weighted by atomic mass is 9.95. The molecule has 0 bridgehead atoms. The molecule has 4 rings (SSSR count). The summed E-state index contributed by atoms with van der Waals surface area (Å²) in [6.45, 7) is 1.34. The van der Waals surface area contributed by atoms with Gasteiger partial charge in [-0.3, -0.25) is 4.79 Å². The monoisotopic (exact) mass is 414 g/mol. The average Bonchev–Trinajstić information content (AvgIpc) is 3.43. The normalized spacial score (nSPS) is 16.8. The van der Waals surface area contributed by atoms with Gasteiger partial charge in [0.05, 0.1) is 19.1 Å². The molecule has 1 aromatic heterocycles. The Bertz CT molecular complexity index is 913. The summed E-state index contributed by atoms with van der Waals surface area (Å²) < 4.78 is 15.6. The highest BCUT2D eigenvalue weighted by Gasteiger charge is 2.34. The number of nitrogens with one attached hydrogen (secondary N) is 2. The number of carbonyl (C=O) groups excluding carboxylic acids is 2. The lowest BCUT2D eigenvalue weighted by Gasteiger charge is -2.35. The number of fused-ring (bicyclic) bond motifs is 2. The van der Waals surface area contributed by atoms with Crippen LogP contribution in [0.4, 0.5) is 4.79 Å². The Morgan fingerprint density at radius 2 is 2.13 bits per heavy atom. The van der Waals surface area contributed by atoms with Gasteiger partial charge in [0, 0.05) is 31.6 Å². The first-order valence-electron chi connectivity index (χ1n) is 10.2. The fourth-order valence-corrected chi connectivity index (χ4v) is 3.89. The first-order valence-corrected chi connectivity index (χ1v) is 10.2. The number of aromatic nitrogens is 2. The standard InChI is InChI=1S/C21H26N4O5/c1-28-18(26)5-3-2-4-9-22-21(27)25-10-8-15-19(24-12-23-15)20(25)14-6-7-16-17(11-14)30-13-29-16/h6-7,11-12,20H,2-5,8-10,13H2,1H3,(H,22,27)(H,23,24). The molecule has 1 atom stereocenters. The number of esters is 1. The van der Waals surface area contributed by atoms with E-state index in [4.69, 9.17) is 9.47 Å². The maximum atomic E-state index is 13.0. The number of hydrogen-bond acceptors (Lipinski definition) is 6. The molecule has 2 amide bonds. The van der Waals surface area contributed by atoms with E-state index in [0.717, 1.165) is 42.6 Å². The van der Waals surface area contributed by atoms with Crippen LogP contribution < -0.4 is 14.8 Å². The topological polar surface area (TPSA) is 106 Å². The quantitative estimate of drug-likeness (QED) is 0.533. The lowest BCUT2D eigenvalue weighted by Crippen LogP contribution is -2.46. The van der Waals surface area contributed by atoms with Crippen molar-refractivity contribution >= 4 is 12.0 Å². The Hall–Kier alpha value is -3.23. The van der Waals surface area contributed by atoms with E-state index in [0.29, 0.717) is 31.0 Å². The van der Waals surface area contributed by atoms with Gasteiger partial charge in [0.15, 0.2) is 11.5 Å². The maximum Gasteiger partial charge on any atom is 0.318 e. The van der Waals surface area contributed by atoms with E-state index in [9.17, 15) is 9.59 Å². The van der Waals surface area contributed by atoms with Crippen LogP contribution >= 0.6 is 0 Å². The summed E-state index contributed by atoms with van der Waals surface area (Å²) in [6.07, 6.45) is 5.22. The third kappa shape index (κ3) is 4.19. The van der Waals surface area contributed by atoms with Crippen molar-refractivity contribution in [3.8, 4) is 11.5 Å². The molecule has 0 radical (unpaired) electrons. The van der Waals surface area contributed by atoms with Crippen molar-refractivity contribution in [2.45, 2.75) is 38.1 Å². The summed E-state index contributed by atoms with van der Waals surface area (Å²) in [5.41, 5.74) is 2.83. The van der Waals surface area contributed by atoms with Gasteiger partial charge in [0.1, 0.15) is 6.04 Å². The minimum absolute atomic E-state index is 0.126. The van der Waals surface area contributed by atoms with E-state index in [1.165, 1.54) is 7.11 Å². The number of unbranched alkanes of at least 4 members (excludes halogenated alkanes) is 2. The van der Waals surface area contributed by atoms with Crippen LogP contribution in [-0.2, 0) is 16.0 Å². The van der Waals surface area contributed by atoms with Crippen LogP contribution in [0.1, 0.15) is 48.7 Å². The predicted molar refractivity (Wildman–Crippen MR) is 107 cm³/mol. The maximum absolute atomic E-state index is 13.0. The second kappa shape index (κ2) is 9.06. The number of ether oxygens (including phenoxy) is 3. The smallest absolute Gasteiger partial charge is 0.318 e. The number of urea groups is 1. The van der Waals surface area contributed by atoms with Gasteiger partial charge in [-0.2, -0.15) is 0 Å². The zero-order valence-electron chi connectivity index (χ0n) is 17.0. The van der Waals surface area contributed by atoms with Gasteiger partial charge in [-0.1, -0.05) is 12.5 Å². The van der Waals surface area contributed by atoms with Crippen LogP contribution in [0.2, 0.25) is 0 Å². The number of H-pyrrole nitrogens is 1. The fourth-order valence-electron chi connectivity index (χ4n) is 3.89. The number of rotatable bonds is 7. The van der Waals surface area contributed by atoms with E-state index >= 15 is 0 Å². The SMILES string of the molecule is COC(=O)CCCCCNC(=O)N1CCc2[nH]cnc2C1c1ccc2c(c1)OCO2. The van der Waals surface area contributed by atoms with Gasteiger partial charge in [-0.05, 0) is 30.5 Å². The second-order valence-corrected chi connectivity index (χ2v) is 7.34. The zero-order chi connectivity index (χ0) is 20.9. The number of benzene rings is 1. The minimum Gasteiger partial charge on any atom is -0.469 e. The first kappa shape index (κ1) is 20.1. The fraction of sp³-hybridized carbons (Fsp3) is 0.476. The molecule has 3 heterocycles. The summed E-state index contributed by atoms with van der Waals surface area (Å²) in [6, 6.07) is 5.32. The summed E-state index contributed by atoms with van der Waals surface area (Å²) >= 11 is 0. The highest BCUT2D eigenvalue weighted by atomic mass is 16.7. The van der Waals surface area contributed by atoms with Crippen molar-refractivity contribution in [1.29, 1.82) is 0 Å². The molecule has 9 nitrogen and oxygen atoms in total. The third-order valence-corrected chi connectivity index (χ3v) is 5.46. The number of aromatic amines is 1. The molecular weight excluding hydrogens is 388 g/mol. The van der Waals surface area contributed by atoms with Crippen LogP contribution in [0.5, 0.6) is 11.5 Å². The molecule has 0 saturated carbocycles. The molecular formula is C21H26N4O5. The Kier molecular flexibility index (Phi) is 6.06. The van der Waals surface area contributed by atoms with Gasteiger partial charge in [-0.15, -0.1) is 0 Å². The number of imidazole rings is 1. The summed E-state index contributed by atoms with van der Waals surface area (Å²) in [7, 11) is 1.39. The molecule has 160 valence electrons. The van der Waals surface area contributed by atoms with Crippen molar-refractivity contribution < 1.29 is 23.8 Å². The average molecular weight is 414 g/mol. The molecule has 2 aliphatic heterocycles. The zero-order valence-corrected chi connectivity index (χ0v) is 17.0. The lowest BCUT2D eigenvalue weighted by molar-refractivity contribution is -0.140. The Balaban J connectivity index is 1.41. The molecule has 1 unspecified atom stereocenters. The molecule has 0 fully saturated rings. The van der Waals surface area contributed by atoms with Gasteiger partial charge in [-0.25, -0.2) is 9.78 Å². The predicted octanol–water partition coefficient (Wildman–Crippen LogP) is 2.53. The molecule has 2 aliphatic rings.